The maximum Gasteiger partial charge on any atom is 0.291 e. The highest BCUT2D eigenvalue weighted by molar-refractivity contribution is 7.99. The molecule has 0 radical (unpaired) electrons. The van der Waals surface area contributed by atoms with Crippen molar-refractivity contribution in [2.45, 2.75) is 23.9 Å². The first-order chi connectivity index (χ1) is 13.6. The lowest BCUT2D eigenvalue weighted by Crippen LogP contribution is -2.29. The number of benzene rings is 2. The van der Waals surface area contributed by atoms with Gasteiger partial charge in [-0.05, 0) is 36.0 Å². The molecule has 4 aromatic rings. The van der Waals surface area contributed by atoms with Crippen molar-refractivity contribution < 1.29 is 13.6 Å². The number of carbonyl (C=O) groups is 1. The fraction of sp³-hybridized carbons (Fsp3) is 0.211. The standard InChI is InChI=1S/C19H16F2N4OS2/c20-18(21)28-19-24-12-5-1-3-7-14(12)25(19)11-16(26)22-10-9-17-23-13-6-2-4-8-15(13)27-17/h1-8,18H,9-11H2,(H,22,26). The number of halogens is 2. The van der Waals surface area contributed by atoms with Gasteiger partial charge in [0.2, 0.25) is 5.91 Å². The molecule has 1 N–H and O–H groups in total. The zero-order valence-corrected chi connectivity index (χ0v) is 16.3. The quantitative estimate of drug-likeness (QED) is 0.454. The Morgan fingerprint density at radius 3 is 2.64 bits per heavy atom. The number of carbonyl (C=O) groups excluding carboxylic acids is 1. The van der Waals surface area contributed by atoms with Crippen LogP contribution in [-0.4, -0.2) is 32.7 Å². The molecule has 0 saturated carbocycles. The van der Waals surface area contributed by atoms with Crippen LogP contribution >= 0.6 is 23.1 Å². The Morgan fingerprint density at radius 1 is 1.11 bits per heavy atom. The number of hydrogen-bond acceptors (Lipinski definition) is 5. The van der Waals surface area contributed by atoms with E-state index in [1.807, 2.05) is 24.3 Å². The maximum atomic E-state index is 12.8. The molecule has 4 rings (SSSR count). The lowest BCUT2D eigenvalue weighted by atomic mass is 10.3. The van der Waals surface area contributed by atoms with E-state index < -0.39 is 5.76 Å². The molecule has 0 spiro atoms. The van der Waals surface area contributed by atoms with Gasteiger partial charge in [-0.2, -0.15) is 8.78 Å². The highest BCUT2D eigenvalue weighted by Crippen LogP contribution is 2.28. The van der Waals surface area contributed by atoms with E-state index in [4.69, 9.17) is 0 Å². The number of nitrogens with one attached hydrogen (secondary N) is 1. The molecule has 9 heteroatoms. The molecule has 28 heavy (non-hydrogen) atoms. The van der Waals surface area contributed by atoms with Crippen LogP contribution in [0.5, 0.6) is 0 Å². The van der Waals surface area contributed by atoms with E-state index in [1.54, 1.807) is 35.6 Å². The molecular formula is C19H16F2N4OS2. The number of nitrogens with zero attached hydrogens (tertiary/aromatic N) is 3. The van der Waals surface area contributed by atoms with E-state index in [0.717, 1.165) is 15.2 Å². The van der Waals surface area contributed by atoms with Gasteiger partial charge in [-0.25, -0.2) is 9.97 Å². The predicted octanol–water partition coefficient (Wildman–Crippen LogP) is 4.32. The number of thiazole rings is 1. The number of imidazole rings is 1. The summed E-state index contributed by atoms with van der Waals surface area (Å²) in [6.45, 7) is 0.373. The fourth-order valence-corrected chi connectivity index (χ4v) is 4.48. The minimum absolute atomic E-state index is 0.0601. The molecule has 0 fully saturated rings. The Hall–Kier alpha value is -2.52. The van der Waals surface area contributed by atoms with Gasteiger partial charge in [0.25, 0.3) is 5.76 Å². The molecule has 0 saturated heterocycles. The van der Waals surface area contributed by atoms with E-state index >= 15 is 0 Å². The number of alkyl halides is 2. The van der Waals surface area contributed by atoms with Gasteiger partial charge in [-0.1, -0.05) is 24.3 Å². The van der Waals surface area contributed by atoms with Crippen molar-refractivity contribution in [2.75, 3.05) is 6.54 Å². The van der Waals surface area contributed by atoms with Gasteiger partial charge in [-0.15, -0.1) is 11.3 Å². The number of thioether (sulfide) groups is 1. The van der Waals surface area contributed by atoms with E-state index in [-0.39, 0.29) is 17.6 Å². The summed E-state index contributed by atoms with van der Waals surface area (Å²) in [5, 5.41) is 3.93. The third kappa shape index (κ3) is 4.15. The molecule has 0 aliphatic heterocycles. The zero-order chi connectivity index (χ0) is 19.5. The number of aromatic nitrogens is 3. The fourth-order valence-electron chi connectivity index (χ4n) is 2.91. The Kier molecular flexibility index (Phi) is 5.54. The zero-order valence-electron chi connectivity index (χ0n) is 14.6. The second-order valence-corrected chi connectivity index (χ2v) is 8.10. The summed E-state index contributed by atoms with van der Waals surface area (Å²) in [7, 11) is 0. The van der Waals surface area contributed by atoms with Crippen molar-refractivity contribution in [3.05, 3.63) is 53.5 Å². The Balaban J connectivity index is 1.41. The lowest BCUT2D eigenvalue weighted by molar-refractivity contribution is -0.121. The first-order valence-corrected chi connectivity index (χ1v) is 10.3. The lowest BCUT2D eigenvalue weighted by Gasteiger charge is -2.09. The number of amides is 1. The predicted molar refractivity (Wildman–Crippen MR) is 108 cm³/mol. The van der Waals surface area contributed by atoms with Crippen LogP contribution in [0.4, 0.5) is 8.78 Å². The van der Waals surface area contributed by atoms with Gasteiger partial charge in [0.15, 0.2) is 5.16 Å². The third-order valence-electron chi connectivity index (χ3n) is 4.11. The SMILES string of the molecule is O=C(Cn1c(SC(F)F)nc2ccccc21)NCCc1nc2ccccc2s1. The monoisotopic (exact) mass is 418 g/mol. The summed E-state index contributed by atoms with van der Waals surface area (Å²) in [6.07, 6.45) is 0.619. The maximum absolute atomic E-state index is 12.8. The van der Waals surface area contributed by atoms with Crippen LogP contribution in [0.2, 0.25) is 0 Å². The third-order valence-corrected chi connectivity index (χ3v) is 5.91. The second-order valence-electron chi connectivity index (χ2n) is 6.02. The van der Waals surface area contributed by atoms with Crippen LogP contribution in [0, 0.1) is 0 Å². The number of fused-ring (bicyclic) bond motifs is 2. The molecule has 2 heterocycles. The van der Waals surface area contributed by atoms with E-state index in [9.17, 15) is 13.6 Å². The first kappa shape index (κ1) is 18.8. The summed E-state index contributed by atoms with van der Waals surface area (Å²) in [5.74, 6) is -2.85. The highest BCUT2D eigenvalue weighted by Gasteiger charge is 2.17. The van der Waals surface area contributed by atoms with Crippen molar-refractivity contribution in [2.24, 2.45) is 0 Å². The molecule has 0 aliphatic carbocycles. The average Bonchev–Trinajstić information content (AvgIpc) is 3.22. The van der Waals surface area contributed by atoms with Crippen LogP contribution < -0.4 is 5.32 Å². The van der Waals surface area contributed by atoms with Gasteiger partial charge in [0.05, 0.1) is 26.3 Å². The minimum atomic E-state index is -2.60. The van der Waals surface area contributed by atoms with Gasteiger partial charge in [0, 0.05) is 13.0 Å². The molecule has 0 unspecified atom stereocenters. The molecule has 0 bridgehead atoms. The summed E-state index contributed by atoms with van der Waals surface area (Å²) in [5.41, 5.74) is 2.20. The number of rotatable bonds is 7. The van der Waals surface area contributed by atoms with Crippen molar-refractivity contribution >= 4 is 50.3 Å². The molecular weight excluding hydrogens is 402 g/mol. The number of hydrogen-bond donors (Lipinski definition) is 1. The summed E-state index contributed by atoms with van der Waals surface area (Å²) < 4.78 is 28.3. The minimum Gasteiger partial charge on any atom is -0.354 e. The average molecular weight is 418 g/mol. The highest BCUT2D eigenvalue weighted by atomic mass is 32.2. The van der Waals surface area contributed by atoms with Gasteiger partial charge >= 0.3 is 0 Å². The van der Waals surface area contributed by atoms with Gasteiger partial charge in [-0.3, -0.25) is 4.79 Å². The van der Waals surface area contributed by atoms with Gasteiger partial charge < -0.3 is 9.88 Å². The molecule has 0 atom stereocenters. The van der Waals surface area contributed by atoms with Gasteiger partial charge in [0.1, 0.15) is 6.54 Å². The van der Waals surface area contributed by atoms with Crippen molar-refractivity contribution in [3.8, 4) is 0 Å². The Labute approximate surface area is 167 Å². The van der Waals surface area contributed by atoms with Crippen molar-refractivity contribution in [3.63, 3.8) is 0 Å². The largest absolute Gasteiger partial charge is 0.354 e. The Bertz CT molecular complexity index is 1090. The van der Waals surface area contributed by atoms with Crippen LogP contribution in [0.3, 0.4) is 0 Å². The number of para-hydroxylation sites is 3. The van der Waals surface area contributed by atoms with E-state index in [0.29, 0.717) is 35.8 Å². The smallest absolute Gasteiger partial charge is 0.291 e. The van der Waals surface area contributed by atoms with Crippen LogP contribution in [0.15, 0.2) is 53.7 Å². The molecule has 0 aliphatic rings. The summed E-state index contributed by atoms with van der Waals surface area (Å²) in [4.78, 5) is 21.1. The van der Waals surface area contributed by atoms with E-state index in [1.165, 1.54) is 4.57 Å². The molecule has 5 nitrogen and oxygen atoms in total. The summed E-state index contributed by atoms with van der Waals surface area (Å²) in [6, 6.07) is 15.0. The van der Waals surface area contributed by atoms with Crippen LogP contribution in [0.1, 0.15) is 5.01 Å². The molecule has 1 amide bonds. The van der Waals surface area contributed by atoms with Crippen LogP contribution in [0.25, 0.3) is 21.3 Å². The summed E-state index contributed by atoms with van der Waals surface area (Å²) >= 11 is 1.95. The van der Waals surface area contributed by atoms with Crippen molar-refractivity contribution in [1.82, 2.24) is 19.9 Å². The van der Waals surface area contributed by atoms with E-state index in [2.05, 4.69) is 15.3 Å². The van der Waals surface area contributed by atoms with Crippen LogP contribution in [-0.2, 0) is 17.8 Å². The molecule has 144 valence electrons. The normalized spacial score (nSPS) is 11.5. The molecule has 2 aromatic carbocycles. The first-order valence-electron chi connectivity index (χ1n) is 8.61. The Morgan fingerprint density at radius 2 is 1.86 bits per heavy atom. The van der Waals surface area contributed by atoms with Crippen molar-refractivity contribution in [1.29, 1.82) is 0 Å². The topological polar surface area (TPSA) is 59.8 Å². The second kappa shape index (κ2) is 8.24. The molecule has 2 aromatic heterocycles.